The highest BCUT2D eigenvalue weighted by Gasteiger charge is 2.20. The zero-order valence-electron chi connectivity index (χ0n) is 9.72. The lowest BCUT2D eigenvalue weighted by atomic mass is 9.92. The molecule has 4 heteroatoms. The highest BCUT2D eigenvalue weighted by Crippen LogP contribution is 2.19. The van der Waals surface area contributed by atoms with Gasteiger partial charge in [0, 0.05) is 12.2 Å². The van der Waals surface area contributed by atoms with Crippen LogP contribution in [0.4, 0.5) is 0 Å². The maximum Gasteiger partial charge on any atom is 0.272 e. The quantitative estimate of drug-likeness (QED) is 0.559. The van der Waals surface area contributed by atoms with Gasteiger partial charge in [0.25, 0.3) is 15.0 Å². The van der Waals surface area contributed by atoms with Gasteiger partial charge in [0.15, 0.2) is 0 Å². The van der Waals surface area contributed by atoms with Crippen LogP contribution in [0.1, 0.15) is 27.2 Å². The monoisotopic (exact) mass is 184 g/mol. The van der Waals surface area contributed by atoms with Crippen molar-refractivity contribution in [3.8, 4) is 0 Å². The third-order valence-electron chi connectivity index (χ3n) is 1.98. The minimum Gasteiger partial charge on any atom is -0.440 e. The molecule has 1 unspecified atom stereocenters. The summed E-state index contributed by atoms with van der Waals surface area (Å²) in [4.78, 5) is 0. The van der Waals surface area contributed by atoms with E-state index in [4.69, 9.17) is 9.31 Å². The van der Waals surface area contributed by atoms with Gasteiger partial charge in [-0.15, -0.1) is 0 Å². The van der Waals surface area contributed by atoms with Crippen molar-refractivity contribution in [2.24, 2.45) is 5.92 Å². The van der Waals surface area contributed by atoms with Crippen LogP contribution in [0.25, 0.3) is 0 Å². The molecule has 1 atom stereocenters. The molecule has 0 spiro atoms. The summed E-state index contributed by atoms with van der Waals surface area (Å²) in [6, 6.07) is 0. The molecule has 0 aromatic carbocycles. The Balaban J connectivity index is 3.68. The molecule has 76 valence electrons. The van der Waals surface area contributed by atoms with Crippen molar-refractivity contribution in [3.63, 3.8) is 0 Å². The summed E-state index contributed by atoms with van der Waals surface area (Å²) in [5.74, 6) is 0.571. The largest absolute Gasteiger partial charge is 0.440 e. The van der Waals surface area contributed by atoms with Crippen LogP contribution in [-0.4, -0.2) is 27.2 Å². The Bertz CT molecular complexity index is 129. The summed E-state index contributed by atoms with van der Waals surface area (Å²) in [6.07, 6.45) is 1.06. The predicted molar refractivity (Wildman–Crippen MR) is 60.9 cm³/mol. The highest BCUT2D eigenvalue weighted by molar-refractivity contribution is 6.25. The Morgan fingerprint density at radius 1 is 1.23 bits per heavy atom. The fourth-order valence-corrected chi connectivity index (χ4v) is 1.67. The standard InChI is InChI=1S/C9H22B2O2/c1-8(7-12-10-4)6-9(2,3)13-11-5/h8,10-11H,6-7H2,1-5H3. The molecule has 0 bridgehead atoms. The minimum atomic E-state index is -0.00866. The van der Waals surface area contributed by atoms with Gasteiger partial charge >= 0.3 is 0 Å². The molecule has 0 aliphatic carbocycles. The summed E-state index contributed by atoms with van der Waals surface area (Å²) < 4.78 is 11.0. The Morgan fingerprint density at radius 3 is 2.31 bits per heavy atom. The van der Waals surface area contributed by atoms with Crippen LogP contribution in [0, 0.1) is 5.92 Å². The smallest absolute Gasteiger partial charge is 0.272 e. The molecule has 0 amide bonds. The first-order chi connectivity index (χ1) is 6.02. The first-order valence-corrected chi connectivity index (χ1v) is 5.23. The number of hydrogen-bond donors (Lipinski definition) is 0. The Kier molecular flexibility index (Phi) is 6.52. The van der Waals surface area contributed by atoms with Crippen molar-refractivity contribution < 1.29 is 9.31 Å². The average molecular weight is 184 g/mol. The van der Waals surface area contributed by atoms with Gasteiger partial charge in [-0.25, -0.2) is 0 Å². The van der Waals surface area contributed by atoms with Gasteiger partial charge in [-0.2, -0.15) is 0 Å². The topological polar surface area (TPSA) is 18.5 Å². The highest BCUT2D eigenvalue weighted by atomic mass is 16.5. The summed E-state index contributed by atoms with van der Waals surface area (Å²) in [5.41, 5.74) is -0.00866. The number of hydrogen-bond acceptors (Lipinski definition) is 2. The van der Waals surface area contributed by atoms with Crippen molar-refractivity contribution in [2.45, 2.75) is 46.4 Å². The van der Waals surface area contributed by atoms with Crippen LogP contribution < -0.4 is 0 Å². The van der Waals surface area contributed by atoms with Crippen molar-refractivity contribution in [1.29, 1.82) is 0 Å². The minimum absolute atomic E-state index is 0.00866. The third kappa shape index (κ3) is 7.15. The van der Waals surface area contributed by atoms with Crippen LogP contribution in [0.3, 0.4) is 0 Å². The molecule has 13 heavy (non-hydrogen) atoms. The van der Waals surface area contributed by atoms with E-state index in [9.17, 15) is 0 Å². The summed E-state index contributed by atoms with van der Waals surface area (Å²) in [6.45, 7) is 11.4. The molecular weight excluding hydrogens is 162 g/mol. The molecule has 0 aliphatic rings. The van der Waals surface area contributed by atoms with E-state index in [0.717, 1.165) is 28.0 Å². The Morgan fingerprint density at radius 2 is 1.85 bits per heavy atom. The summed E-state index contributed by atoms with van der Waals surface area (Å²) >= 11 is 0. The van der Waals surface area contributed by atoms with Crippen molar-refractivity contribution in [2.75, 3.05) is 6.61 Å². The van der Waals surface area contributed by atoms with Gasteiger partial charge in [-0.1, -0.05) is 20.6 Å². The molecule has 0 N–H and O–H groups in total. The molecular formula is C9H22B2O2. The lowest BCUT2D eigenvalue weighted by Gasteiger charge is -2.28. The molecule has 0 heterocycles. The van der Waals surface area contributed by atoms with Gasteiger partial charge in [-0.05, 0) is 26.2 Å². The van der Waals surface area contributed by atoms with Crippen LogP contribution >= 0.6 is 0 Å². The molecule has 0 rings (SSSR count). The lowest BCUT2D eigenvalue weighted by Crippen LogP contribution is -2.29. The van der Waals surface area contributed by atoms with Crippen LogP contribution in [-0.2, 0) is 9.31 Å². The second-order valence-electron chi connectivity index (χ2n) is 4.16. The van der Waals surface area contributed by atoms with Gasteiger partial charge in [0.2, 0.25) is 0 Å². The maximum absolute atomic E-state index is 5.62. The molecule has 0 aromatic rings. The Hall–Kier alpha value is 0.0499. The van der Waals surface area contributed by atoms with E-state index in [-0.39, 0.29) is 5.60 Å². The fraction of sp³-hybridized carbons (Fsp3) is 1.00. The summed E-state index contributed by atoms with van der Waals surface area (Å²) in [7, 11) is 1.59. The van der Waals surface area contributed by atoms with E-state index in [2.05, 4.69) is 20.8 Å². The average Bonchev–Trinajstić information content (AvgIpc) is 1.99. The molecule has 0 radical (unpaired) electrons. The van der Waals surface area contributed by atoms with Crippen LogP contribution in [0.15, 0.2) is 0 Å². The lowest BCUT2D eigenvalue weighted by molar-refractivity contribution is 0.0771. The molecule has 0 saturated heterocycles. The van der Waals surface area contributed by atoms with Crippen molar-refractivity contribution in [3.05, 3.63) is 0 Å². The fourth-order valence-electron chi connectivity index (χ4n) is 1.67. The van der Waals surface area contributed by atoms with Crippen LogP contribution in [0.5, 0.6) is 0 Å². The van der Waals surface area contributed by atoms with E-state index in [1.807, 2.05) is 13.6 Å². The van der Waals surface area contributed by atoms with E-state index in [1.54, 1.807) is 0 Å². The second kappa shape index (κ2) is 6.50. The van der Waals surface area contributed by atoms with E-state index in [0.29, 0.717) is 5.92 Å². The van der Waals surface area contributed by atoms with Gasteiger partial charge in [0.1, 0.15) is 0 Å². The van der Waals surface area contributed by atoms with Crippen LogP contribution in [0.2, 0.25) is 13.6 Å². The predicted octanol–water partition coefficient (Wildman–Crippen LogP) is 1.62. The normalized spacial score (nSPS) is 13.9. The van der Waals surface area contributed by atoms with Crippen molar-refractivity contribution in [1.82, 2.24) is 0 Å². The van der Waals surface area contributed by atoms with Crippen molar-refractivity contribution >= 4 is 15.0 Å². The van der Waals surface area contributed by atoms with E-state index < -0.39 is 0 Å². The number of rotatable bonds is 7. The van der Waals surface area contributed by atoms with E-state index in [1.165, 1.54) is 0 Å². The van der Waals surface area contributed by atoms with Gasteiger partial charge in [-0.3, -0.25) is 0 Å². The second-order valence-corrected chi connectivity index (χ2v) is 4.16. The summed E-state index contributed by atoms with van der Waals surface area (Å²) in [5, 5.41) is 0. The first-order valence-electron chi connectivity index (χ1n) is 5.23. The van der Waals surface area contributed by atoms with E-state index >= 15 is 0 Å². The molecule has 0 aliphatic heterocycles. The van der Waals surface area contributed by atoms with Gasteiger partial charge in [0.05, 0.1) is 0 Å². The maximum atomic E-state index is 5.62. The zero-order chi connectivity index (χ0) is 10.3. The zero-order valence-corrected chi connectivity index (χ0v) is 9.72. The Labute approximate surface area is 83.9 Å². The molecule has 0 fully saturated rings. The third-order valence-corrected chi connectivity index (χ3v) is 1.98. The molecule has 2 nitrogen and oxygen atoms in total. The SMILES string of the molecule is CBOCC(C)CC(C)(C)OBC. The molecule has 0 saturated carbocycles. The van der Waals surface area contributed by atoms with Gasteiger partial charge < -0.3 is 9.31 Å². The molecule has 0 aromatic heterocycles. The first kappa shape index (κ1) is 13.0.